The summed E-state index contributed by atoms with van der Waals surface area (Å²) < 4.78 is 7.14. The molecular formula is C19H29IN6O2. The number of nitrogens with one attached hydrogen (secondary N) is 1. The molecule has 1 amide bonds. The molecule has 0 aliphatic carbocycles. The van der Waals surface area contributed by atoms with Gasteiger partial charge in [0.05, 0.1) is 12.0 Å². The van der Waals surface area contributed by atoms with Gasteiger partial charge in [-0.1, -0.05) is 0 Å². The average molecular weight is 500 g/mol. The van der Waals surface area contributed by atoms with E-state index >= 15 is 0 Å². The number of rotatable bonds is 4. The Morgan fingerprint density at radius 2 is 1.93 bits per heavy atom. The predicted molar refractivity (Wildman–Crippen MR) is 119 cm³/mol. The summed E-state index contributed by atoms with van der Waals surface area (Å²) in [5.41, 5.74) is 3.57. The van der Waals surface area contributed by atoms with E-state index in [2.05, 4.69) is 27.2 Å². The summed E-state index contributed by atoms with van der Waals surface area (Å²) in [4.78, 5) is 20.8. The molecule has 2 aromatic heterocycles. The highest BCUT2D eigenvalue weighted by atomic mass is 127. The molecule has 1 aliphatic heterocycles. The molecule has 28 heavy (non-hydrogen) atoms. The van der Waals surface area contributed by atoms with Gasteiger partial charge in [-0.2, -0.15) is 5.10 Å². The Hall–Kier alpha value is -2.04. The van der Waals surface area contributed by atoms with E-state index in [0.29, 0.717) is 18.8 Å². The van der Waals surface area contributed by atoms with Crippen LogP contribution in [0.15, 0.2) is 27.8 Å². The topological polar surface area (TPSA) is 78.9 Å². The van der Waals surface area contributed by atoms with Gasteiger partial charge in [-0.15, -0.1) is 24.0 Å². The summed E-state index contributed by atoms with van der Waals surface area (Å²) in [6.45, 7) is 7.74. The first-order chi connectivity index (χ1) is 13.0. The Bertz CT molecular complexity index is 807. The van der Waals surface area contributed by atoms with E-state index in [-0.39, 0.29) is 29.9 Å². The second-order valence-electron chi connectivity index (χ2n) is 6.75. The molecule has 154 valence electrons. The van der Waals surface area contributed by atoms with E-state index in [0.717, 1.165) is 37.7 Å². The number of nitrogens with zero attached hydrogens (tertiary/aromatic N) is 5. The Labute approximate surface area is 183 Å². The monoisotopic (exact) mass is 500 g/mol. The third-order valence-electron chi connectivity index (χ3n) is 5.13. The quantitative estimate of drug-likeness (QED) is 0.394. The summed E-state index contributed by atoms with van der Waals surface area (Å²) in [6.07, 6.45) is 2.43. The molecule has 0 saturated carbocycles. The van der Waals surface area contributed by atoms with E-state index in [1.165, 1.54) is 17.5 Å². The van der Waals surface area contributed by atoms with Gasteiger partial charge in [0.1, 0.15) is 0 Å². The fourth-order valence-corrected chi connectivity index (χ4v) is 3.49. The minimum absolute atomic E-state index is 0. The molecule has 2 aromatic rings. The molecule has 0 spiro atoms. The van der Waals surface area contributed by atoms with Gasteiger partial charge in [0.25, 0.3) is 5.91 Å². The van der Waals surface area contributed by atoms with Crippen LogP contribution in [-0.4, -0.2) is 71.2 Å². The highest BCUT2D eigenvalue weighted by Crippen LogP contribution is 2.12. The lowest BCUT2D eigenvalue weighted by atomic mass is 10.1. The van der Waals surface area contributed by atoms with Crippen LogP contribution in [0.2, 0.25) is 0 Å². The predicted octanol–water partition coefficient (Wildman–Crippen LogP) is 1.82. The van der Waals surface area contributed by atoms with Crippen molar-refractivity contribution in [2.24, 2.45) is 12.0 Å². The standard InChI is InChI=1S/C19H28N6O2.HI/c1-14-16(15(2)23(4)22-14)7-8-21-19(20-3)25-11-9-24(10-12-25)18(26)17-6-5-13-27-17;/h5-6,13H,7-12H2,1-4H3,(H,20,21);1H. The first kappa shape index (κ1) is 22.3. The van der Waals surface area contributed by atoms with Crippen LogP contribution in [0.3, 0.4) is 0 Å². The number of carbonyl (C=O) groups is 1. The summed E-state index contributed by atoms with van der Waals surface area (Å²) in [7, 11) is 3.77. The van der Waals surface area contributed by atoms with Gasteiger partial charge in [0.15, 0.2) is 11.7 Å². The number of hydrogen-bond donors (Lipinski definition) is 1. The van der Waals surface area contributed by atoms with Crippen LogP contribution in [0, 0.1) is 13.8 Å². The molecule has 0 unspecified atom stereocenters. The molecule has 0 radical (unpaired) electrons. The SMILES string of the molecule is CN=C(NCCc1c(C)nn(C)c1C)N1CCN(C(=O)c2ccco2)CC1.I. The zero-order chi connectivity index (χ0) is 19.4. The van der Waals surface area contributed by atoms with E-state index < -0.39 is 0 Å². The maximum atomic E-state index is 12.4. The number of furan rings is 1. The number of amides is 1. The second-order valence-corrected chi connectivity index (χ2v) is 6.75. The lowest BCUT2D eigenvalue weighted by Crippen LogP contribution is -2.54. The minimum atomic E-state index is -0.0508. The summed E-state index contributed by atoms with van der Waals surface area (Å²) in [5, 5.41) is 7.91. The summed E-state index contributed by atoms with van der Waals surface area (Å²) in [6, 6.07) is 3.44. The number of carbonyl (C=O) groups excluding carboxylic acids is 1. The van der Waals surface area contributed by atoms with Gasteiger partial charge in [-0.3, -0.25) is 14.5 Å². The molecule has 8 nitrogen and oxygen atoms in total. The molecule has 1 fully saturated rings. The van der Waals surface area contributed by atoms with Crippen LogP contribution >= 0.6 is 24.0 Å². The maximum absolute atomic E-state index is 12.4. The van der Waals surface area contributed by atoms with Crippen LogP contribution in [0.5, 0.6) is 0 Å². The second kappa shape index (κ2) is 9.94. The van der Waals surface area contributed by atoms with Crippen molar-refractivity contribution >= 4 is 35.8 Å². The van der Waals surface area contributed by atoms with Crippen molar-refractivity contribution in [3.05, 3.63) is 41.1 Å². The average Bonchev–Trinajstić information content (AvgIpc) is 3.29. The van der Waals surface area contributed by atoms with Crippen LogP contribution < -0.4 is 5.32 Å². The molecule has 9 heteroatoms. The molecule has 3 rings (SSSR count). The normalized spacial score (nSPS) is 14.8. The van der Waals surface area contributed by atoms with Crippen molar-refractivity contribution < 1.29 is 9.21 Å². The van der Waals surface area contributed by atoms with Crippen molar-refractivity contribution in [1.29, 1.82) is 0 Å². The van der Waals surface area contributed by atoms with Crippen LogP contribution in [-0.2, 0) is 13.5 Å². The smallest absolute Gasteiger partial charge is 0.289 e. The van der Waals surface area contributed by atoms with Gasteiger partial charge >= 0.3 is 0 Å². The van der Waals surface area contributed by atoms with Crippen LogP contribution in [0.4, 0.5) is 0 Å². The summed E-state index contributed by atoms with van der Waals surface area (Å²) >= 11 is 0. The van der Waals surface area contributed by atoms with E-state index in [9.17, 15) is 4.79 Å². The first-order valence-electron chi connectivity index (χ1n) is 9.28. The van der Waals surface area contributed by atoms with Gasteiger partial charge in [0.2, 0.25) is 0 Å². The molecule has 1 N–H and O–H groups in total. The van der Waals surface area contributed by atoms with E-state index in [1.807, 2.05) is 23.6 Å². The Morgan fingerprint density at radius 3 is 2.46 bits per heavy atom. The number of hydrogen-bond acceptors (Lipinski definition) is 4. The van der Waals surface area contributed by atoms with Gasteiger partial charge < -0.3 is 19.5 Å². The zero-order valence-corrected chi connectivity index (χ0v) is 19.3. The molecule has 1 saturated heterocycles. The lowest BCUT2D eigenvalue weighted by Gasteiger charge is -2.36. The number of piperazine rings is 1. The fourth-order valence-electron chi connectivity index (χ4n) is 3.49. The Kier molecular flexibility index (Phi) is 7.90. The van der Waals surface area contributed by atoms with Crippen LogP contribution in [0.25, 0.3) is 0 Å². The van der Waals surface area contributed by atoms with Crippen molar-refractivity contribution in [1.82, 2.24) is 24.9 Å². The Morgan fingerprint density at radius 1 is 1.25 bits per heavy atom. The minimum Gasteiger partial charge on any atom is -0.459 e. The Balaban J connectivity index is 0.00000280. The third kappa shape index (κ3) is 4.86. The lowest BCUT2D eigenvalue weighted by molar-refractivity contribution is 0.0658. The van der Waals surface area contributed by atoms with Crippen molar-refractivity contribution in [2.75, 3.05) is 39.8 Å². The van der Waals surface area contributed by atoms with Crippen LogP contribution in [0.1, 0.15) is 27.5 Å². The molecule has 0 atom stereocenters. The molecular weight excluding hydrogens is 471 g/mol. The molecule has 1 aliphatic rings. The highest BCUT2D eigenvalue weighted by molar-refractivity contribution is 14.0. The van der Waals surface area contributed by atoms with Gasteiger partial charge in [-0.25, -0.2) is 0 Å². The van der Waals surface area contributed by atoms with Gasteiger partial charge in [-0.05, 0) is 38.0 Å². The number of aliphatic imine (C=N–C) groups is 1. The molecule has 0 bridgehead atoms. The maximum Gasteiger partial charge on any atom is 0.289 e. The van der Waals surface area contributed by atoms with Crippen molar-refractivity contribution in [2.45, 2.75) is 20.3 Å². The van der Waals surface area contributed by atoms with E-state index in [4.69, 9.17) is 4.42 Å². The number of aromatic nitrogens is 2. The highest BCUT2D eigenvalue weighted by Gasteiger charge is 2.25. The largest absolute Gasteiger partial charge is 0.459 e. The molecule has 3 heterocycles. The number of guanidine groups is 1. The van der Waals surface area contributed by atoms with Crippen molar-refractivity contribution in [3.8, 4) is 0 Å². The van der Waals surface area contributed by atoms with E-state index in [1.54, 1.807) is 19.2 Å². The third-order valence-corrected chi connectivity index (χ3v) is 5.13. The molecule has 0 aromatic carbocycles. The number of aryl methyl sites for hydroxylation is 2. The number of halogens is 1. The fraction of sp³-hybridized carbons (Fsp3) is 0.526. The zero-order valence-electron chi connectivity index (χ0n) is 16.9. The van der Waals surface area contributed by atoms with Crippen molar-refractivity contribution in [3.63, 3.8) is 0 Å². The first-order valence-corrected chi connectivity index (χ1v) is 9.28. The summed E-state index contributed by atoms with van der Waals surface area (Å²) in [5.74, 6) is 1.22. The van der Waals surface area contributed by atoms with Gasteiger partial charge in [0, 0.05) is 52.5 Å².